The zero-order valence-electron chi connectivity index (χ0n) is 24.7. The van der Waals surface area contributed by atoms with E-state index >= 15 is 0 Å². The molecule has 1 aromatic heterocycles. The monoisotopic (exact) mass is 659 g/mol. The van der Waals surface area contributed by atoms with Gasteiger partial charge in [-0.1, -0.05) is 30.3 Å². The minimum atomic E-state index is -5.08. The number of nitriles is 1. The molecule has 0 fully saturated rings. The highest BCUT2D eigenvalue weighted by molar-refractivity contribution is 7.92. The number of sulfonamides is 1. The van der Waals surface area contributed by atoms with E-state index < -0.39 is 34.2 Å². The lowest BCUT2D eigenvalue weighted by Gasteiger charge is -2.28. The van der Waals surface area contributed by atoms with Crippen LogP contribution in [-0.2, 0) is 21.4 Å². The van der Waals surface area contributed by atoms with Crippen molar-refractivity contribution in [2.75, 3.05) is 11.3 Å². The Morgan fingerprint density at radius 2 is 1.67 bits per heavy atom. The Bertz CT molecular complexity index is 1820. The molecule has 0 spiro atoms. The number of anilines is 1. The molecule has 1 atom stereocenters. The van der Waals surface area contributed by atoms with Gasteiger partial charge in [-0.15, -0.1) is 0 Å². The van der Waals surface area contributed by atoms with E-state index in [4.69, 9.17) is 15.2 Å². The number of aliphatic hydroxyl groups excluding tert-OH is 1. The predicted octanol–water partition coefficient (Wildman–Crippen LogP) is 4.78. The van der Waals surface area contributed by atoms with Crippen LogP contribution >= 0.6 is 0 Å². The molecule has 0 aliphatic carbocycles. The molecular formula is C31H32F3N5O6S. The van der Waals surface area contributed by atoms with E-state index in [1.807, 2.05) is 18.3 Å². The molecule has 5 N–H and O–H groups in total. The second kappa shape index (κ2) is 14.9. The number of aryl methyl sites for hydroxylation is 1. The molecule has 3 aromatic carbocycles. The normalized spacial score (nSPS) is 12.4. The zero-order valence-corrected chi connectivity index (χ0v) is 25.6. The standard InChI is InChI=1S/C29H31N5O4S.C2HF3O2/c1-29(2,14-16-34-15-13-21-17-23(11-12-26(21)34)28(36)31-20-30)32-19-27(35)22-7-6-8-24(18-22)33-39(37,38)25-9-4-3-5-10-25;3-2(4,5)1(6)7/h3-13,15,17-18,27,32-33,35H,14,16,19H2,1-2H3,(H,31,36);(H,6,7). The van der Waals surface area contributed by atoms with Crippen LogP contribution in [0.2, 0.25) is 0 Å². The Kier molecular flexibility index (Phi) is 11.5. The number of carboxylic acid groups (broad SMARTS) is 1. The van der Waals surface area contributed by atoms with Gasteiger partial charge in [-0.2, -0.15) is 18.4 Å². The number of carboxylic acids is 1. The number of carbonyl (C=O) groups is 2. The highest BCUT2D eigenvalue weighted by atomic mass is 32.2. The molecule has 0 bridgehead atoms. The Labute approximate surface area is 263 Å². The average Bonchev–Trinajstić information content (AvgIpc) is 3.41. The van der Waals surface area contributed by atoms with Gasteiger partial charge in [-0.25, -0.2) is 13.2 Å². The van der Waals surface area contributed by atoms with Crippen LogP contribution < -0.4 is 15.4 Å². The van der Waals surface area contributed by atoms with Crippen molar-refractivity contribution in [2.45, 2.75) is 49.5 Å². The van der Waals surface area contributed by atoms with E-state index in [1.165, 1.54) is 12.1 Å². The summed E-state index contributed by atoms with van der Waals surface area (Å²) in [5, 5.41) is 33.1. The lowest BCUT2D eigenvalue weighted by Crippen LogP contribution is -2.42. The summed E-state index contributed by atoms with van der Waals surface area (Å²) in [4.78, 5) is 21.0. The van der Waals surface area contributed by atoms with Crippen LogP contribution in [0.25, 0.3) is 10.9 Å². The smallest absolute Gasteiger partial charge is 0.475 e. The van der Waals surface area contributed by atoms with Gasteiger partial charge >= 0.3 is 12.1 Å². The van der Waals surface area contributed by atoms with E-state index in [2.05, 4.69) is 33.8 Å². The number of alkyl halides is 3. The second-order valence-electron chi connectivity index (χ2n) is 10.7. The number of aromatic nitrogens is 1. The van der Waals surface area contributed by atoms with Crippen molar-refractivity contribution in [2.24, 2.45) is 0 Å². The van der Waals surface area contributed by atoms with Gasteiger partial charge in [0.25, 0.3) is 15.9 Å². The van der Waals surface area contributed by atoms with Gasteiger partial charge in [0.2, 0.25) is 0 Å². The number of aliphatic hydroxyl groups is 1. The topological polar surface area (TPSA) is 174 Å². The number of benzene rings is 3. The van der Waals surface area contributed by atoms with E-state index in [1.54, 1.807) is 60.8 Å². The first-order valence-corrected chi connectivity index (χ1v) is 15.2. The second-order valence-corrected chi connectivity index (χ2v) is 12.4. The number of hydrogen-bond acceptors (Lipinski definition) is 7. The fraction of sp³-hybridized carbons (Fsp3) is 0.258. The van der Waals surface area contributed by atoms with Crippen molar-refractivity contribution in [3.8, 4) is 6.19 Å². The number of nitrogens with zero attached hydrogens (tertiary/aromatic N) is 2. The first-order valence-electron chi connectivity index (χ1n) is 13.7. The number of carbonyl (C=O) groups excluding carboxylic acids is 1. The number of fused-ring (bicyclic) bond motifs is 1. The van der Waals surface area contributed by atoms with E-state index in [0.717, 1.165) is 17.3 Å². The van der Waals surface area contributed by atoms with Crippen LogP contribution in [-0.4, -0.2) is 53.3 Å². The maximum Gasteiger partial charge on any atom is 0.490 e. The summed E-state index contributed by atoms with van der Waals surface area (Å²) < 4.78 is 61.7. The van der Waals surface area contributed by atoms with Gasteiger partial charge in [0, 0.05) is 47.0 Å². The summed E-state index contributed by atoms with van der Waals surface area (Å²) in [6, 6.07) is 22.1. The Morgan fingerprint density at radius 1 is 1.00 bits per heavy atom. The van der Waals surface area contributed by atoms with E-state index in [0.29, 0.717) is 23.4 Å². The number of amides is 1. The van der Waals surface area contributed by atoms with Crippen LogP contribution in [0.5, 0.6) is 0 Å². The molecule has 0 radical (unpaired) electrons. The quantitative estimate of drug-likeness (QED) is 0.113. The zero-order chi connectivity index (χ0) is 34.1. The lowest BCUT2D eigenvalue weighted by molar-refractivity contribution is -0.192. The summed E-state index contributed by atoms with van der Waals surface area (Å²) in [6.45, 7) is 5.10. The first-order chi connectivity index (χ1) is 21.5. The van der Waals surface area contributed by atoms with E-state index in [-0.39, 0.29) is 17.0 Å². The fourth-order valence-corrected chi connectivity index (χ4v) is 5.33. The van der Waals surface area contributed by atoms with Gasteiger partial charge in [-0.3, -0.25) is 14.8 Å². The molecule has 46 heavy (non-hydrogen) atoms. The average molecular weight is 660 g/mol. The number of halogens is 3. The molecule has 0 saturated heterocycles. The van der Waals surface area contributed by atoms with Gasteiger partial charge in [-0.05, 0) is 74.4 Å². The highest BCUT2D eigenvalue weighted by Gasteiger charge is 2.38. The van der Waals surface area contributed by atoms with E-state index in [9.17, 15) is 31.5 Å². The molecule has 0 saturated carbocycles. The summed E-state index contributed by atoms with van der Waals surface area (Å²) >= 11 is 0. The van der Waals surface area contributed by atoms with Crippen molar-refractivity contribution in [1.82, 2.24) is 15.2 Å². The van der Waals surface area contributed by atoms with Gasteiger partial charge in [0.15, 0.2) is 6.19 Å². The minimum Gasteiger partial charge on any atom is -0.475 e. The highest BCUT2D eigenvalue weighted by Crippen LogP contribution is 2.23. The third kappa shape index (κ3) is 10.1. The van der Waals surface area contributed by atoms with Crippen molar-refractivity contribution in [1.29, 1.82) is 5.26 Å². The van der Waals surface area contributed by atoms with Crippen molar-refractivity contribution >= 4 is 38.5 Å². The molecule has 244 valence electrons. The number of nitrogens with one attached hydrogen (secondary N) is 3. The number of β-amino-alcohol motifs (C(OH)–C–C–N with tert-alkyl or cyclic N) is 1. The molecular weight excluding hydrogens is 627 g/mol. The van der Waals surface area contributed by atoms with Crippen LogP contribution in [0.4, 0.5) is 18.9 Å². The molecule has 1 heterocycles. The maximum atomic E-state index is 12.6. The predicted molar refractivity (Wildman–Crippen MR) is 164 cm³/mol. The molecule has 4 rings (SSSR count). The van der Waals surface area contributed by atoms with Gasteiger partial charge in [0.1, 0.15) is 0 Å². The molecule has 1 unspecified atom stereocenters. The molecule has 0 aliphatic heterocycles. The largest absolute Gasteiger partial charge is 0.490 e. The fourth-order valence-electron chi connectivity index (χ4n) is 4.26. The van der Waals surface area contributed by atoms with Crippen molar-refractivity contribution in [3.63, 3.8) is 0 Å². The third-order valence-corrected chi connectivity index (χ3v) is 8.17. The van der Waals surface area contributed by atoms with Crippen molar-refractivity contribution in [3.05, 3.63) is 96.2 Å². The Morgan fingerprint density at radius 3 is 2.30 bits per heavy atom. The van der Waals surface area contributed by atoms with Gasteiger partial charge < -0.3 is 20.1 Å². The summed E-state index contributed by atoms with van der Waals surface area (Å²) in [5.41, 5.74) is 2.07. The van der Waals surface area contributed by atoms with Crippen LogP contribution in [0, 0.1) is 11.5 Å². The molecule has 4 aromatic rings. The molecule has 11 nitrogen and oxygen atoms in total. The van der Waals surface area contributed by atoms with Crippen LogP contribution in [0.15, 0.2) is 90.0 Å². The SMILES string of the molecule is CC(C)(CCn1ccc2cc(C(=O)NC#N)ccc21)NCC(O)c1cccc(NS(=O)(=O)c2ccccc2)c1.O=C(O)C(F)(F)F. The number of aliphatic carboxylic acids is 1. The maximum absolute atomic E-state index is 12.6. The minimum absolute atomic E-state index is 0.166. The molecule has 15 heteroatoms. The Hall–Kier alpha value is -4.91. The summed E-state index contributed by atoms with van der Waals surface area (Å²) in [7, 11) is -3.73. The van der Waals surface area contributed by atoms with Crippen LogP contribution in [0.1, 0.15) is 42.3 Å². The molecule has 0 aliphatic rings. The first kappa shape index (κ1) is 35.6. The van der Waals surface area contributed by atoms with Gasteiger partial charge in [0.05, 0.1) is 11.0 Å². The summed E-state index contributed by atoms with van der Waals surface area (Å²) in [5.74, 6) is -3.19. The Balaban J connectivity index is 0.000000738. The van der Waals surface area contributed by atoms with Crippen LogP contribution in [0.3, 0.4) is 0 Å². The summed E-state index contributed by atoms with van der Waals surface area (Å²) in [6.07, 6.45) is -1.55. The molecule has 1 amide bonds. The third-order valence-electron chi connectivity index (χ3n) is 6.77. The number of rotatable bonds is 11. The van der Waals surface area contributed by atoms with Crippen molar-refractivity contribution < 1.29 is 41.4 Å². The lowest BCUT2D eigenvalue weighted by atomic mass is 9.99. The number of hydrogen-bond donors (Lipinski definition) is 5.